The molecule has 2 nitrogen and oxygen atoms in total. The second-order valence-corrected chi connectivity index (χ2v) is 2.81. The molecule has 1 aliphatic rings. The Bertz CT molecular complexity index is 268. The minimum atomic E-state index is 0.234. The van der Waals surface area contributed by atoms with Crippen LogP contribution in [0.3, 0.4) is 0 Å². The lowest BCUT2D eigenvalue weighted by Gasteiger charge is -2.18. The van der Waals surface area contributed by atoms with Crippen molar-refractivity contribution in [2.45, 2.75) is 12.5 Å². The highest BCUT2D eigenvalue weighted by Crippen LogP contribution is 2.23. The monoisotopic (exact) mass is 161 g/mol. The Balaban J connectivity index is 2.15. The standard InChI is InChI=1S/C10H11NO/c1-2-8-12-10(3-1)9-4-6-11-7-5-9/h1-2,4-7,10H,3,8H2. The van der Waals surface area contributed by atoms with E-state index in [-0.39, 0.29) is 6.10 Å². The topological polar surface area (TPSA) is 22.1 Å². The van der Waals surface area contributed by atoms with Crippen LogP contribution in [0.4, 0.5) is 0 Å². The third-order valence-electron chi connectivity index (χ3n) is 1.99. The molecule has 0 spiro atoms. The van der Waals surface area contributed by atoms with Crippen LogP contribution in [0.25, 0.3) is 0 Å². The molecule has 2 rings (SSSR count). The Morgan fingerprint density at radius 2 is 2.08 bits per heavy atom. The highest BCUT2D eigenvalue weighted by Gasteiger charge is 2.11. The first-order valence-corrected chi connectivity index (χ1v) is 4.13. The maximum Gasteiger partial charge on any atom is 0.0864 e. The van der Waals surface area contributed by atoms with E-state index in [4.69, 9.17) is 4.74 Å². The highest BCUT2D eigenvalue weighted by molar-refractivity contribution is 5.15. The van der Waals surface area contributed by atoms with Gasteiger partial charge in [0.2, 0.25) is 0 Å². The van der Waals surface area contributed by atoms with Gasteiger partial charge in [-0.25, -0.2) is 0 Å². The first kappa shape index (κ1) is 7.50. The lowest BCUT2D eigenvalue weighted by Crippen LogP contribution is -2.07. The van der Waals surface area contributed by atoms with Crippen molar-refractivity contribution in [1.29, 1.82) is 0 Å². The third-order valence-corrected chi connectivity index (χ3v) is 1.99. The molecule has 2 heteroatoms. The number of ether oxygens (including phenoxy) is 1. The zero-order valence-corrected chi connectivity index (χ0v) is 6.81. The molecule has 1 atom stereocenters. The number of hydrogen-bond donors (Lipinski definition) is 0. The summed E-state index contributed by atoms with van der Waals surface area (Å²) in [5.41, 5.74) is 1.22. The van der Waals surface area contributed by atoms with Crippen LogP contribution in [-0.4, -0.2) is 11.6 Å². The third kappa shape index (κ3) is 1.53. The van der Waals surface area contributed by atoms with Crippen molar-refractivity contribution < 1.29 is 4.74 Å². The average molecular weight is 161 g/mol. The molecule has 0 aromatic carbocycles. The van der Waals surface area contributed by atoms with Gasteiger partial charge in [-0.2, -0.15) is 0 Å². The summed E-state index contributed by atoms with van der Waals surface area (Å²) in [4.78, 5) is 3.97. The summed E-state index contributed by atoms with van der Waals surface area (Å²) in [7, 11) is 0. The molecule has 1 aliphatic heterocycles. The van der Waals surface area contributed by atoms with Gasteiger partial charge in [-0.05, 0) is 24.1 Å². The maximum atomic E-state index is 5.55. The molecule has 1 unspecified atom stereocenters. The van der Waals surface area contributed by atoms with Crippen LogP contribution < -0.4 is 0 Å². The molecule has 1 aromatic rings. The fourth-order valence-electron chi connectivity index (χ4n) is 1.34. The molecule has 0 saturated heterocycles. The number of pyridine rings is 1. The van der Waals surface area contributed by atoms with E-state index >= 15 is 0 Å². The lowest BCUT2D eigenvalue weighted by atomic mass is 10.1. The highest BCUT2D eigenvalue weighted by atomic mass is 16.5. The molecular formula is C10H11NO. The van der Waals surface area contributed by atoms with Crippen LogP contribution in [0, 0.1) is 0 Å². The average Bonchev–Trinajstić information content (AvgIpc) is 2.21. The second-order valence-electron chi connectivity index (χ2n) is 2.81. The second kappa shape index (κ2) is 3.50. The minimum Gasteiger partial charge on any atom is -0.369 e. The van der Waals surface area contributed by atoms with Crippen LogP contribution >= 0.6 is 0 Å². The Hall–Kier alpha value is -1.15. The molecule has 0 radical (unpaired) electrons. The van der Waals surface area contributed by atoms with Crippen LogP contribution in [0.15, 0.2) is 36.7 Å². The van der Waals surface area contributed by atoms with Crippen molar-refractivity contribution in [2.24, 2.45) is 0 Å². The van der Waals surface area contributed by atoms with E-state index in [0.717, 1.165) is 13.0 Å². The number of nitrogens with zero attached hydrogens (tertiary/aromatic N) is 1. The van der Waals surface area contributed by atoms with Crippen LogP contribution in [-0.2, 0) is 4.74 Å². The molecule has 0 fully saturated rings. The largest absolute Gasteiger partial charge is 0.369 e. The molecular weight excluding hydrogens is 150 g/mol. The lowest BCUT2D eigenvalue weighted by molar-refractivity contribution is 0.0677. The Morgan fingerprint density at radius 3 is 2.75 bits per heavy atom. The van der Waals surface area contributed by atoms with Crippen molar-refractivity contribution in [1.82, 2.24) is 4.98 Å². The fourth-order valence-corrected chi connectivity index (χ4v) is 1.34. The van der Waals surface area contributed by atoms with Crippen LogP contribution in [0.5, 0.6) is 0 Å². The predicted molar refractivity (Wildman–Crippen MR) is 46.7 cm³/mol. The minimum absolute atomic E-state index is 0.234. The first-order valence-electron chi connectivity index (χ1n) is 4.13. The van der Waals surface area contributed by atoms with Gasteiger partial charge in [-0.3, -0.25) is 4.98 Å². The molecule has 0 aliphatic carbocycles. The summed E-state index contributed by atoms with van der Waals surface area (Å²) in [5.74, 6) is 0. The number of aromatic nitrogens is 1. The van der Waals surface area contributed by atoms with Crippen LogP contribution in [0.2, 0.25) is 0 Å². The van der Waals surface area contributed by atoms with Gasteiger partial charge in [0.15, 0.2) is 0 Å². The van der Waals surface area contributed by atoms with Crippen molar-refractivity contribution in [3.63, 3.8) is 0 Å². The van der Waals surface area contributed by atoms with E-state index in [1.54, 1.807) is 12.4 Å². The van der Waals surface area contributed by atoms with Gasteiger partial charge in [-0.1, -0.05) is 12.2 Å². The molecule has 0 bridgehead atoms. The van der Waals surface area contributed by atoms with E-state index < -0.39 is 0 Å². The zero-order valence-electron chi connectivity index (χ0n) is 6.81. The van der Waals surface area contributed by atoms with Gasteiger partial charge in [-0.15, -0.1) is 0 Å². The van der Waals surface area contributed by atoms with E-state index in [9.17, 15) is 0 Å². The molecule has 1 aromatic heterocycles. The molecule has 0 saturated carbocycles. The summed E-state index contributed by atoms with van der Waals surface area (Å²) in [5, 5.41) is 0. The van der Waals surface area contributed by atoms with Gasteiger partial charge < -0.3 is 4.74 Å². The molecule has 0 amide bonds. The molecule has 0 N–H and O–H groups in total. The molecule has 2 heterocycles. The van der Waals surface area contributed by atoms with Gasteiger partial charge in [0.25, 0.3) is 0 Å². The van der Waals surface area contributed by atoms with Gasteiger partial charge in [0.05, 0.1) is 12.7 Å². The van der Waals surface area contributed by atoms with E-state index in [0.29, 0.717) is 0 Å². The SMILES string of the molecule is C1=CCC(c2ccncc2)OC1. The Morgan fingerprint density at radius 1 is 1.25 bits per heavy atom. The number of rotatable bonds is 1. The predicted octanol–water partition coefficient (Wildman–Crippen LogP) is 2.10. The smallest absolute Gasteiger partial charge is 0.0864 e. The summed E-state index contributed by atoms with van der Waals surface area (Å²) >= 11 is 0. The van der Waals surface area contributed by atoms with E-state index in [1.807, 2.05) is 12.1 Å². The van der Waals surface area contributed by atoms with Gasteiger partial charge >= 0.3 is 0 Å². The summed E-state index contributed by atoms with van der Waals surface area (Å²) in [6, 6.07) is 4.01. The Labute approximate surface area is 71.9 Å². The first-order chi connectivity index (χ1) is 5.97. The Kier molecular flexibility index (Phi) is 2.19. The summed E-state index contributed by atoms with van der Waals surface area (Å²) in [6.07, 6.45) is 9.03. The maximum absolute atomic E-state index is 5.55. The van der Waals surface area contributed by atoms with E-state index in [1.165, 1.54) is 5.56 Å². The van der Waals surface area contributed by atoms with E-state index in [2.05, 4.69) is 17.1 Å². The number of hydrogen-bond acceptors (Lipinski definition) is 2. The van der Waals surface area contributed by atoms with Gasteiger partial charge in [0, 0.05) is 12.4 Å². The quantitative estimate of drug-likeness (QED) is 0.588. The summed E-state index contributed by atoms with van der Waals surface area (Å²) < 4.78 is 5.55. The van der Waals surface area contributed by atoms with Crippen molar-refractivity contribution in [3.8, 4) is 0 Å². The fraction of sp³-hybridized carbons (Fsp3) is 0.300. The normalized spacial score (nSPS) is 22.5. The zero-order chi connectivity index (χ0) is 8.23. The van der Waals surface area contributed by atoms with Gasteiger partial charge in [0.1, 0.15) is 0 Å². The van der Waals surface area contributed by atoms with Crippen molar-refractivity contribution in [2.75, 3.05) is 6.61 Å². The van der Waals surface area contributed by atoms with Crippen molar-refractivity contribution >= 4 is 0 Å². The molecule has 62 valence electrons. The van der Waals surface area contributed by atoms with Crippen molar-refractivity contribution in [3.05, 3.63) is 42.2 Å². The summed E-state index contributed by atoms with van der Waals surface area (Å²) in [6.45, 7) is 0.729. The molecule has 12 heavy (non-hydrogen) atoms. The van der Waals surface area contributed by atoms with Crippen LogP contribution in [0.1, 0.15) is 18.1 Å².